The minimum atomic E-state index is -0.0365. The molecule has 5 rings (SSSR count). The highest BCUT2D eigenvalue weighted by atomic mass is 32.1. The Morgan fingerprint density at radius 3 is 2.61 bits per heavy atom. The van der Waals surface area contributed by atoms with Crippen molar-refractivity contribution < 1.29 is 9.53 Å². The molecule has 7 heteroatoms. The molecule has 1 amide bonds. The van der Waals surface area contributed by atoms with Gasteiger partial charge in [-0.15, -0.1) is 0 Å². The summed E-state index contributed by atoms with van der Waals surface area (Å²) in [6, 6.07) is 20.4. The van der Waals surface area contributed by atoms with Crippen LogP contribution in [-0.4, -0.2) is 30.5 Å². The topological polar surface area (TPSA) is 57.7 Å². The third-order valence-electron chi connectivity index (χ3n) is 6.31. The van der Waals surface area contributed by atoms with E-state index in [0.29, 0.717) is 13.2 Å². The van der Waals surface area contributed by atoms with Crippen LogP contribution in [0.1, 0.15) is 29.7 Å². The molecule has 0 unspecified atom stereocenters. The molecule has 1 aromatic heterocycles. The Morgan fingerprint density at radius 2 is 1.85 bits per heavy atom. The summed E-state index contributed by atoms with van der Waals surface area (Å²) in [6.45, 7) is 4.13. The molecule has 3 aromatic rings. The molecule has 2 aliphatic heterocycles. The van der Waals surface area contributed by atoms with Crippen molar-refractivity contribution in [3.63, 3.8) is 0 Å². The lowest BCUT2D eigenvalue weighted by molar-refractivity contribution is -0.119. The van der Waals surface area contributed by atoms with Gasteiger partial charge in [0.25, 0.3) is 0 Å². The summed E-state index contributed by atoms with van der Waals surface area (Å²) in [4.78, 5) is 21.5. The number of hydrogen-bond acceptors (Lipinski definition) is 5. The molecular weight excluding hydrogens is 432 g/mol. The Labute approximate surface area is 202 Å². The number of pyridine rings is 1. The second kappa shape index (κ2) is 9.75. The maximum Gasteiger partial charge on any atom is 0.249 e. The van der Waals surface area contributed by atoms with Crippen molar-refractivity contribution >= 4 is 36.6 Å². The van der Waals surface area contributed by atoms with Gasteiger partial charge in [0.15, 0.2) is 0 Å². The average Bonchev–Trinajstić information content (AvgIpc) is 3.31. The number of aromatic nitrogens is 1. The Balaban J connectivity index is 0.00000259. The first kappa shape index (κ1) is 23.0. The van der Waals surface area contributed by atoms with Gasteiger partial charge in [-0.1, -0.05) is 42.5 Å². The van der Waals surface area contributed by atoms with Crippen LogP contribution >= 0.6 is 13.5 Å². The van der Waals surface area contributed by atoms with E-state index in [1.165, 1.54) is 0 Å². The molecule has 2 aromatic carbocycles. The van der Waals surface area contributed by atoms with Crippen LogP contribution in [0.25, 0.3) is 0 Å². The first-order valence-corrected chi connectivity index (χ1v) is 11.2. The molecule has 0 aliphatic carbocycles. The molecule has 1 saturated heterocycles. The molecule has 1 atom stereocenters. The summed E-state index contributed by atoms with van der Waals surface area (Å²) in [5, 5.41) is 3.45. The van der Waals surface area contributed by atoms with Gasteiger partial charge in [-0.25, -0.2) is 4.98 Å². The maximum atomic E-state index is 12.7. The molecule has 6 nitrogen and oxygen atoms in total. The minimum absolute atomic E-state index is 0. The number of benzene rings is 2. The van der Waals surface area contributed by atoms with E-state index in [0.717, 1.165) is 59.1 Å². The highest BCUT2D eigenvalue weighted by molar-refractivity contribution is 7.59. The molecule has 0 radical (unpaired) electrons. The molecule has 0 saturated carbocycles. The molecular formula is C26H30N4O2S. The van der Waals surface area contributed by atoms with Crippen molar-refractivity contribution in [1.29, 1.82) is 0 Å². The zero-order chi connectivity index (χ0) is 22.1. The van der Waals surface area contributed by atoms with Crippen LogP contribution in [0.2, 0.25) is 0 Å². The number of nitrogens with one attached hydrogen (secondary N) is 1. The first-order valence-electron chi connectivity index (χ1n) is 11.2. The zero-order valence-corrected chi connectivity index (χ0v) is 20.0. The monoisotopic (exact) mass is 462 g/mol. The lowest BCUT2D eigenvalue weighted by Crippen LogP contribution is -2.49. The van der Waals surface area contributed by atoms with Gasteiger partial charge in [0.2, 0.25) is 5.91 Å². The maximum absolute atomic E-state index is 12.7. The summed E-state index contributed by atoms with van der Waals surface area (Å²) >= 11 is 0. The molecule has 0 spiro atoms. The van der Waals surface area contributed by atoms with Crippen LogP contribution in [-0.2, 0) is 17.9 Å². The quantitative estimate of drug-likeness (QED) is 0.578. The van der Waals surface area contributed by atoms with Gasteiger partial charge in [0, 0.05) is 26.2 Å². The van der Waals surface area contributed by atoms with Crippen LogP contribution in [0.15, 0.2) is 60.7 Å². The third-order valence-corrected chi connectivity index (χ3v) is 6.31. The van der Waals surface area contributed by atoms with Gasteiger partial charge < -0.3 is 19.9 Å². The molecule has 0 bridgehead atoms. The first-order chi connectivity index (χ1) is 15.6. The summed E-state index contributed by atoms with van der Waals surface area (Å²) < 4.78 is 5.88. The summed E-state index contributed by atoms with van der Waals surface area (Å²) in [7, 11) is 1.86. The number of fused-ring (bicyclic) bond motifs is 3. The lowest BCUT2D eigenvalue weighted by Gasteiger charge is -2.38. The van der Waals surface area contributed by atoms with Crippen molar-refractivity contribution in [2.75, 3.05) is 28.7 Å². The van der Waals surface area contributed by atoms with Crippen LogP contribution < -0.4 is 19.9 Å². The van der Waals surface area contributed by atoms with E-state index < -0.39 is 0 Å². The number of ether oxygens (including phenoxy) is 1. The SMILES string of the molecule is Cc1nc(NCc2ccc(OCc3ccccc3)cc2)cc2c1N(C)C(=O)[C@@H]1CCCN21.S. The van der Waals surface area contributed by atoms with Crippen LogP contribution in [0.5, 0.6) is 5.75 Å². The number of nitrogens with zero attached hydrogens (tertiary/aromatic N) is 3. The van der Waals surface area contributed by atoms with E-state index in [4.69, 9.17) is 9.72 Å². The Kier molecular flexibility index (Phi) is 6.79. The molecule has 1 fully saturated rings. The number of carbonyl (C=O) groups is 1. The normalized spacial score (nSPS) is 16.7. The Morgan fingerprint density at radius 1 is 1.09 bits per heavy atom. The highest BCUT2D eigenvalue weighted by Gasteiger charge is 2.40. The molecule has 33 heavy (non-hydrogen) atoms. The number of amides is 1. The van der Waals surface area contributed by atoms with Gasteiger partial charge in [-0.2, -0.15) is 13.5 Å². The van der Waals surface area contributed by atoms with Crippen LogP contribution in [0, 0.1) is 6.92 Å². The fraction of sp³-hybridized carbons (Fsp3) is 0.308. The van der Waals surface area contributed by atoms with Gasteiger partial charge >= 0.3 is 0 Å². The summed E-state index contributed by atoms with van der Waals surface area (Å²) in [5.41, 5.74) is 5.21. The molecule has 1 N–H and O–H groups in total. The average molecular weight is 463 g/mol. The fourth-order valence-electron chi connectivity index (χ4n) is 4.66. The zero-order valence-electron chi connectivity index (χ0n) is 19.0. The van der Waals surface area contributed by atoms with E-state index >= 15 is 0 Å². The number of aryl methyl sites for hydroxylation is 1. The van der Waals surface area contributed by atoms with E-state index in [1.807, 2.05) is 44.3 Å². The number of likely N-dealkylation sites (N-methyl/N-ethyl adjacent to an activating group) is 1. The standard InChI is InChI=1S/C26H28N4O2.H2S/c1-18-25-23(30-14-6-9-22(30)26(31)29(25)2)15-24(28-18)27-16-19-10-12-21(13-11-19)32-17-20-7-4-3-5-8-20;/h3-5,7-8,10-13,15,22H,6,9,14,16-17H2,1-2H3,(H,27,28);1H2/t22-;/m0./s1. The smallest absolute Gasteiger partial charge is 0.249 e. The second-order valence-corrected chi connectivity index (χ2v) is 8.48. The third kappa shape index (κ3) is 4.64. The van der Waals surface area contributed by atoms with Crippen LogP contribution in [0.4, 0.5) is 17.2 Å². The van der Waals surface area contributed by atoms with Gasteiger partial charge in [-0.05, 0) is 43.0 Å². The molecule has 172 valence electrons. The number of carbonyl (C=O) groups excluding carboxylic acids is 1. The minimum Gasteiger partial charge on any atom is -0.489 e. The van der Waals surface area contributed by atoms with Crippen LogP contribution in [0.3, 0.4) is 0 Å². The molecule has 3 heterocycles. The van der Waals surface area contributed by atoms with E-state index in [9.17, 15) is 4.79 Å². The van der Waals surface area contributed by atoms with Crippen molar-refractivity contribution in [3.05, 3.63) is 77.5 Å². The van der Waals surface area contributed by atoms with Gasteiger partial charge in [0.05, 0.1) is 17.1 Å². The van der Waals surface area contributed by atoms with Gasteiger partial charge in [0.1, 0.15) is 24.2 Å². The van der Waals surface area contributed by atoms with Gasteiger partial charge in [-0.3, -0.25) is 4.79 Å². The Bertz CT molecular complexity index is 1120. The highest BCUT2D eigenvalue weighted by Crippen LogP contribution is 2.42. The van der Waals surface area contributed by atoms with Crippen molar-refractivity contribution in [2.45, 2.75) is 39.0 Å². The van der Waals surface area contributed by atoms with E-state index in [-0.39, 0.29) is 25.4 Å². The lowest BCUT2D eigenvalue weighted by atomic mass is 10.1. The van der Waals surface area contributed by atoms with Crippen molar-refractivity contribution in [3.8, 4) is 5.75 Å². The number of anilines is 3. The molecule has 2 aliphatic rings. The van der Waals surface area contributed by atoms with Crippen molar-refractivity contribution in [1.82, 2.24) is 4.98 Å². The predicted octanol–water partition coefficient (Wildman–Crippen LogP) is 4.64. The van der Waals surface area contributed by atoms with Crippen molar-refractivity contribution in [2.24, 2.45) is 0 Å². The summed E-state index contributed by atoms with van der Waals surface area (Å²) in [5.74, 6) is 1.86. The number of hydrogen-bond donors (Lipinski definition) is 1. The number of rotatable bonds is 6. The van der Waals surface area contributed by atoms with E-state index in [2.05, 4.69) is 40.5 Å². The van der Waals surface area contributed by atoms with E-state index in [1.54, 1.807) is 4.90 Å². The second-order valence-electron chi connectivity index (χ2n) is 8.48. The predicted molar refractivity (Wildman–Crippen MR) is 138 cm³/mol. The fourth-order valence-corrected chi connectivity index (χ4v) is 4.66. The summed E-state index contributed by atoms with van der Waals surface area (Å²) in [6.07, 6.45) is 1.97. The Hall–Kier alpha value is -3.19. The largest absolute Gasteiger partial charge is 0.489 e.